The zero-order chi connectivity index (χ0) is 13.9. The average molecular weight is 247 g/mol. The fourth-order valence-corrected chi connectivity index (χ4v) is 2.99. The summed E-state index contributed by atoms with van der Waals surface area (Å²) in [5.74, 6) is 0. The number of benzene rings is 1. The lowest BCUT2D eigenvalue weighted by atomic mass is 9.76. The van der Waals surface area contributed by atoms with Crippen molar-refractivity contribution < 1.29 is 0 Å². The summed E-state index contributed by atoms with van der Waals surface area (Å²) in [6, 6.07) is 5.26. The van der Waals surface area contributed by atoms with Gasteiger partial charge in [0.05, 0.1) is 0 Å². The summed E-state index contributed by atoms with van der Waals surface area (Å²) < 4.78 is 0. The molecule has 1 aromatic rings. The van der Waals surface area contributed by atoms with Gasteiger partial charge in [0.15, 0.2) is 0 Å². The minimum absolute atomic E-state index is 0.226. The predicted octanol–water partition coefficient (Wildman–Crippen LogP) is 4.28. The van der Waals surface area contributed by atoms with Crippen molar-refractivity contribution in [2.75, 3.05) is 6.54 Å². The highest BCUT2D eigenvalue weighted by atomic mass is 14.9. The summed E-state index contributed by atoms with van der Waals surface area (Å²) in [5, 5.41) is 3.52. The van der Waals surface area contributed by atoms with E-state index in [-0.39, 0.29) is 5.41 Å². The smallest absolute Gasteiger partial charge is 0.00468 e. The molecule has 0 saturated carbocycles. The van der Waals surface area contributed by atoms with Crippen LogP contribution >= 0.6 is 0 Å². The van der Waals surface area contributed by atoms with Crippen LogP contribution in [-0.4, -0.2) is 12.6 Å². The van der Waals surface area contributed by atoms with Gasteiger partial charge in [-0.15, -0.1) is 0 Å². The van der Waals surface area contributed by atoms with E-state index in [1.807, 2.05) is 0 Å². The minimum Gasteiger partial charge on any atom is -0.315 e. The molecule has 0 bridgehead atoms. The number of hydrogen-bond acceptors (Lipinski definition) is 1. The third kappa shape index (κ3) is 3.58. The second-order valence-electron chi connectivity index (χ2n) is 6.30. The summed E-state index contributed by atoms with van der Waals surface area (Å²) in [6.45, 7) is 16.9. The molecule has 0 radical (unpaired) electrons. The maximum absolute atomic E-state index is 3.52. The van der Waals surface area contributed by atoms with Crippen molar-refractivity contribution in [3.63, 3.8) is 0 Å². The highest BCUT2D eigenvalue weighted by Gasteiger charge is 2.25. The third-order valence-corrected chi connectivity index (χ3v) is 3.94. The first-order valence-corrected chi connectivity index (χ1v) is 7.09. The molecule has 0 heterocycles. The molecule has 0 aromatic heterocycles. The van der Waals surface area contributed by atoms with Crippen molar-refractivity contribution in [2.45, 2.75) is 66.3 Å². The van der Waals surface area contributed by atoms with E-state index < -0.39 is 0 Å². The number of nitrogens with one attached hydrogen (secondary N) is 1. The van der Waals surface area contributed by atoms with Crippen molar-refractivity contribution in [2.24, 2.45) is 0 Å². The SMILES string of the molecule is CCNC(C)CC(C)(C)c1cc(C)c(C)cc1C. The van der Waals surface area contributed by atoms with Gasteiger partial charge in [-0.3, -0.25) is 0 Å². The Kier molecular flexibility index (Phi) is 4.98. The van der Waals surface area contributed by atoms with Gasteiger partial charge >= 0.3 is 0 Å². The highest BCUT2D eigenvalue weighted by Crippen LogP contribution is 2.32. The fourth-order valence-electron chi connectivity index (χ4n) is 2.99. The lowest BCUT2D eigenvalue weighted by molar-refractivity contribution is 0.393. The summed E-state index contributed by atoms with van der Waals surface area (Å²) >= 11 is 0. The Morgan fingerprint density at radius 1 is 1.06 bits per heavy atom. The van der Waals surface area contributed by atoms with Crippen LogP contribution in [0.5, 0.6) is 0 Å². The van der Waals surface area contributed by atoms with Crippen molar-refractivity contribution in [3.05, 3.63) is 34.4 Å². The third-order valence-electron chi connectivity index (χ3n) is 3.94. The van der Waals surface area contributed by atoms with Crippen LogP contribution in [0, 0.1) is 20.8 Å². The van der Waals surface area contributed by atoms with Crippen LogP contribution in [0.2, 0.25) is 0 Å². The van der Waals surface area contributed by atoms with Crippen molar-refractivity contribution in [3.8, 4) is 0 Å². The Morgan fingerprint density at radius 2 is 1.61 bits per heavy atom. The Bertz CT molecular complexity index is 404. The zero-order valence-corrected chi connectivity index (χ0v) is 13.1. The maximum atomic E-state index is 3.52. The molecule has 0 fully saturated rings. The molecule has 0 amide bonds. The van der Waals surface area contributed by atoms with Gasteiger partial charge in [-0.25, -0.2) is 0 Å². The van der Waals surface area contributed by atoms with Crippen LogP contribution in [-0.2, 0) is 5.41 Å². The van der Waals surface area contributed by atoms with Crippen molar-refractivity contribution in [1.82, 2.24) is 5.32 Å². The first-order valence-electron chi connectivity index (χ1n) is 7.09. The summed E-state index contributed by atoms with van der Waals surface area (Å²) in [4.78, 5) is 0. The normalized spacial score (nSPS) is 13.7. The molecule has 0 saturated heterocycles. The van der Waals surface area contributed by atoms with Crippen LogP contribution in [0.1, 0.15) is 56.4 Å². The van der Waals surface area contributed by atoms with Gasteiger partial charge in [-0.05, 0) is 68.3 Å². The quantitative estimate of drug-likeness (QED) is 0.819. The Morgan fingerprint density at radius 3 is 2.17 bits per heavy atom. The second-order valence-corrected chi connectivity index (χ2v) is 6.30. The molecule has 0 aliphatic heterocycles. The molecular weight excluding hydrogens is 218 g/mol. The Balaban J connectivity index is 3.00. The Labute approximate surface area is 113 Å². The van der Waals surface area contributed by atoms with Crippen LogP contribution in [0.4, 0.5) is 0 Å². The molecule has 102 valence electrons. The van der Waals surface area contributed by atoms with E-state index in [0.717, 1.165) is 6.54 Å². The van der Waals surface area contributed by atoms with Crippen LogP contribution in [0.15, 0.2) is 12.1 Å². The van der Waals surface area contributed by atoms with E-state index in [9.17, 15) is 0 Å². The van der Waals surface area contributed by atoms with E-state index in [2.05, 4.69) is 65.9 Å². The highest BCUT2D eigenvalue weighted by molar-refractivity contribution is 5.40. The molecule has 1 aromatic carbocycles. The number of aryl methyl sites for hydroxylation is 3. The average Bonchev–Trinajstić information content (AvgIpc) is 2.22. The summed E-state index contributed by atoms with van der Waals surface area (Å²) in [5.41, 5.74) is 5.94. The largest absolute Gasteiger partial charge is 0.315 e. The maximum Gasteiger partial charge on any atom is 0.00468 e. The van der Waals surface area contributed by atoms with Gasteiger partial charge in [0.1, 0.15) is 0 Å². The topological polar surface area (TPSA) is 12.0 Å². The standard InChI is InChI=1S/C17H29N/c1-8-18-15(5)11-17(6,7)16-10-13(3)12(2)9-14(16)4/h9-10,15,18H,8,11H2,1-7H3. The van der Waals surface area contributed by atoms with E-state index in [1.165, 1.54) is 28.7 Å². The minimum atomic E-state index is 0.226. The van der Waals surface area contributed by atoms with Gasteiger partial charge in [-0.1, -0.05) is 32.9 Å². The van der Waals surface area contributed by atoms with Gasteiger partial charge in [0.2, 0.25) is 0 Å². The first-order chi connectivity index (χ1) is 8.27. The Hall–Kier alpha value is -0.820. The molecule has 0 aliphatic rings. The summed E-state index contributed by atoms with van der Waals surface area (Å²) in [7, 11) is 0. The van der Waals surface area contributed by atoms with E-state index in [1.54, 1.807) is 0 Å². The summed E-state index contributed by atoms with van der Waals surface area (Å²) in [6.07, 6.45) is 1.17. The van der Waals surface area contributed by atoms with E-state index in [0.29, 0.717) is 6.04 Å². The molecule has 0 spiro atoms. The number of rotatable bonds is 5. The first kappa shape index (κ1) is 15.2. The molecule has 1 heteroatoms. The van der Waals surface area contributed by atoms with Crippen molar-refractivity contribution in [1.29, 1.82) is 0 Å². The molecule has 1 atom stereocenters. The molecule has 1 nitrogen and oxygen atoms in total. The lowest BCUT2D eigenvalue weighted by Gasteiger charge is -2.31. The van der Waals surface area contributed by atoms with Crippen LogP contribution < -0.4 is 5.32 Å². The molecule has 0 aliphatic carbocycles. The zero-order valence-electron chi connectivity index (χ0n) is 13.1. The van der Waals surface area contributed by atoms with Crippen molar-refractivity contribution >= 4 is 0 Å². The van der Waals surface area contributed by atoms with Gasteiger partial charge < -0.3 is 5.32 Å². The van der Waals surface area contributed by atoms with Gasteiger partial charge in [-0.2, -0.15) is 0 Å². The second kappa shape index (κ2) is 5.88. The molecule has 18 heavy (non-hydrogen) atoms. The van der Waals surface area contributed by atoms with Crippen LogP contribution in [0.3, 0.4) is 0 Å². The fraction of sp³-hybridized carbons (Fsp3) is 0.647. The van der Waals surface area contributed by atoms with Gasteiger partial charge in [0.25, 0.3) is 0 Å². The van der Waals surface area contributed by atoms with E-state index in [4.69, 9.17) is 0 Å². The predicted molar refractivity (Wildman–Crippen MR) is 81.4 cm³/mol. The van der Waals surface area contributed by atoms with E-state index >= 15 is 0 Å². The molecule has 1 rings (SSSR count). The molecule has 1 unspecified atom stereocenters. The lowest BCUT2D eigenvalue weighted by Crippen LogP contribution is -2.33. The molecule has 1 N–H and O–H groups in total. The molecular formula is C17H29N. The number of hydrogen-bond donors (Lipinski definition) is 1. The van der Waals surface area contributed by atoms with Gasteiger partial charge in [0, 0.05) is 6.04 Å². The van der Waals surface area contributed by atoms with Crippen LogP contribution in [0.25, 0.3) is 0 Å². The monoisotopic (exact) mass is 247 g/mol.